The number of primary amides is 1. The summed E-state index contributed by atoms with van der Waals surface area (Å²) < 4.78 is 28.1. The maximum atomic E-state index is 13.7. The maximum Gasteiger partial charge on any atom is 0.320 e. The van der Waals surface area contributed by atoms with Crippen LogP contribution in [0.2, 0.25) is 0 Å². The average molecular weight is 415 g/mol. The van der Waals surface area contributed by atoms with Crippen LogP contribution >= 0.6 is 0 Å². The normalized spacial score (nSPS) is 13.2. The number of nitrogens with one attached hydrogen (secondary N) is 2. The number of aromatic nitrogens is 2. The minimum Gasteiger partial charge on any atom is -0.352 e. The lowest BCUT2D eigenvalue weighted by Gasteiger charge is -2.21. The monoisotopic (exact) mass is 415 g/mol. The molecule has 7 nitrogen and oxygen atoms in total. The molecule has 0 saturated carbocycles. The zero-order valence-electron chi connectivity index (χ0n) is 16.6. The third-order valence-corrected chi connectivity index (χ3v) is 4.85. The van der Waals surface area contributed by atoms with E-state index >= 15 is 0 Å². The number of alkyl halides is 2. The molecule has 9 heteroatoms. The van der Waals surface area contributed by atoms with Crippen LogP contribution < -0.4 is 16.4 Å². The molecule has 3 rings (SSSR count). The summed E-state index contributed by atoms with van der Waals surface area (Å²) in [6, 6.07) is 11.7. The van der Waals surface area contributed by atoms with Crippen LogP contribution in [-0.4, -0.2) is 21.5 Å². The number of fused-ring (bicyclic) bond motifs is 1. The molecule has 1 heterocycles. The van der Waals surface area contributed by atoms with Crippen LogP contribution in [0.1, 0.15) is 48.9 Å². The summed E-state index contributed by atoms with van der Waals surface area (Å²) in [4.78, 5) is 28.4. The molecule has 3 amide bonds. The van der Waals surface area contributed by atoms with Crippen molar-refractivity contribution in [1.82, 2.24) is 20.2 Å². The number of rotatable bonds is 7. The van der Waals surface area contributed by atoms with E-state index in [0.717, 1.165) is 15.7 Å². The Bertz CT molecular complexity index is 1070. The number of amides is 3. The van der Waals surface area contributed by atoms with Gasteiger partial charge in [0.1, 0.15) is 5.82 Å². The predicted molar refractivity (Wildman–Crippen MR) is 109 cm³/mol. The molecule has 3 aromatic rings. The van der Waals surface area contributed by atoms with E-state index in [2.05, 4.69) is 15.6 Å². The second-order valence-corrected chi connectivity index (χ2v) is 7.02. The van der Waals surface area contributed by atoms with Crippen molar-refractivity contribution < 1.29 is 18.4 Å². The molecule has 0 saturated heterocycles. The fourth-order valence-electron chi connectivity index (χ4n) is 3.51. The molecule has 0 spiro atoms. The Balaban J connectivity index is 1.81. The van der Waals surface area contributed by atoms with Crippen LogP contribution in [-0.2, 0) is 4.79 Å². The van der Waals surface area contributed by atoms with E-state index in [-0.39, 0.29) is 17.8 Å². The molecule has 2 aromatic carbocycles. The largest absolute Gasteiger partial charge is 0.352 e. The fraction of sp³-hybridized carbons (Fsp3) is 0.286. The summed E-state index contributed by atoms with van der Waals surface area (Å²) in [5.74, 6) is -0.382. The minimum atomic E-state index is -2.80. The standard InChI is InChI=1S/C21H23F2N5O2/c1-12-7-3-4-8-14(12)16(27-21(24)30)11-18(29)25-13(2)19-26-15-9-5-6-10-17(15)28(19)20(22)23/h3-10,13,16,20H,11H2,1-2H3,(H,25,29)(H3,24,27,30). The zero-order chi connectivity index (χ0) is 21.8. The highest BCUT2D eigenvalue weighted by molar-refractivity contribution is 5.80. The van der Waals surface area contributed by atoms with Gasteiger partial charge < -0.3 is 16.4 Å². The number of carbonyl (C=O) groups excluding carboxylic acids is 2. The molecule has 0 fully saturated rings. The van der Waals surface area contributed by atoms with Crippen LogP contribution in [0.3, 0.4) is 0 Å². The molecule has 0 bridgehead atoms. The van der Waals surface area contributed by atoms with E-state index in [4.69, 9.17) is 5.73 Å². The Hall–Kier alpha value is -3.49. The Morgan fingerprint density at radius 1 is 1.10 bits per heavy atom. The molecular weight excluding hydrogens is 392 g/mol. The molecule has 158 valence electrons. The number of halogens is 2. The highest BCUT2D eigenvalue weighted by Crippen LogP contribution is 2.27. The number of carbonyl (C=O) groups is 2. The van der Waals surface area contributed by atoms with Crippen molar-refractivity contribution in [3.8, 4) is 0 Å². The maximum absolute atomic E-state index is 13.7. The van der Waals surface area contributed by atoms with Crippen molar-refractivity contribution in [2.75, 3.05) is 0 Å². The van der Waals surface area contributed by atoms with Gasteiger partial charge in [0.15, 0.2) is 0 Å². The molecule has 2 atom stereocenters. The van der Waals surface area contributed by atoms with Gasteiger partial charge >= 0.3 is 12.6 Å². The van der Waals surface area contributed by atoms with Gasteiger partial charge in [-0.05, 0) is 37.1 Å². The lowest BCUT2D eigenvalue weighted by molar-refractivity contribution is -0.122. The van der Waals surface area contributed by atoms with Crippen molar-refractivity contribution >= 4 is 23.0 Å². The molecule has 1 aromatic heterocycles. The molecule has 0 aliphatic heterocycles. The third kappa shape index (κ3) is 4.56. The molecule has 0 aliphatic rings. The van der Waals surface area contributed by atoms with Crippen molar-refractivity contribution in [1.29, 1.82) is 0 Å². The van der Waals surface area contributed by atoms with Gasteiger partial charge in [-0.15, -0.1) is 0 Å². The average Bonchev–Trinajstić information content (AvgIpc) is 3.07. The summed E-state index contributed by atoms with van der Waals surface area (Å²) in [5.41, 5.74) is 7.61. The number of nitrogens with zero attached hydrogens (tertiary/aromatic N) is 2. The summed E-state index contributed by atoms with van der Waals surface area (Å²) in [7, 11) is 0. The van der Waals surface area contributed by atoms with Gasteiger partial charge in [-0.2, -0.15) is 8.78 Å². The number of imidazole rings is 1. The van der Waals surface area contributed by atoms with Crippen molar-refractivity contribution in [3.05, 3.63) is 65.5 Å². The first-order valence-electron chi connectivity index (χ1n) is 9.43. The highest BCUT2D eigenvalue weighted by atomic mass is 19.3. The Kier molecular flexibility index (Phi) is 6.29. The number of hydrogen-bond donors (Lipinski definition) is 3. The van der Waals surface area contributed by atoms with Crippen LogP contribution in [0.15, 0.2) is 48.5 Å². The first-order chi connectivity index (χ1) is 14.3. The van der Waals surface area contributed by atoms with E-state index < -0.39 is 30.6 Å². The summed E-state index contributed by atoms with van der Waals surface area (Å²) in [5, 5.41) is 5.27. The quantitative estimate of drug-likeness (QED) is 0.548. The number of para-hydroxylation sites is 2. The van der Waals surface area contributed by atoms with Gasteiger partial charge in [0.25, 0.3) is 0 Å². The molecule has 0 aliphatic carbocycles. The second-order valence-electron chi connectivity index (χ2n) is 7.02. The predicted octanol–water partition coefficient (Wildman–Crippen LogP) is 3.72. The minimum absolute atomic E-state index is 0.0508. The summed E-state index contributed by atoms with van der Waals surface area (Å²) >= 11 is 0. The van der Waals surface area contributed by atoms with Crippen molar-refractivity contribution in [2.24, 2.45) is 5.73 Å². The molecular formula is C21H23F2N5O2. The van der Waals surface area contributed by atoms with E-state index in [1.807, 2.05) is 19.1 Å². The SMILES string of the molecule is Cc1ccccc1C(CC(=O)NC(C)c1nc2ccccc2n1C(F)F)NC(N)=O. The Labute approximate surface area is 172 Å². The van der Waals surface area contributed by atoms with E-state index in [9.17, 15) is 18.4 Å². The van der Waals surface area contributed by atoms with Gasteiger partial charge in [-0.3, -0.25) is 9.36 Å². The van der Waals surface area contributed by atoms with Gasteiger partial charge in [0.05, 0.1) is 29.5 Å². The Morgan fingerprint density at radius 2 is 1.77 bits per heavy atom. The van der Waals surface area contributed by atoms with E-state index in [0.29, 0.717) is 5.52 Å². The number of benzene rings is 2. The van der Waals surface area contributed by atoms with Gasteiger partial charge in [0.2, 0.25) is 5.91 Å². The number of hydrogen-bond acceptors (Lipinski definition) is 3. The molecule has 2 unspecified atom stereocenters. The van der Waals surface area contributed by atoms with Crippen molar-refractivity contribution in [3.63, 3.8) is 0 Å². The fourth-order valence-corrected chi connectivity index (χ4v) is 3.51. The van der Waals surface area contributed by atoms with Crippen molar-refractivity contribution in [2.45, 2.75) is 38.9 Å². The first kappa shape index (κ1) is 21.2. The van der Waals surface area contributed by atoms with Crippen LogP contribution in [0, 0.1) is 6.92 Å². The number of urea groups is 1. The Morgan fingerprint density at radius 3 is 2.43 bits per heavy atom. The molecule has 30 heavy (non-hydrogen) atoms. The zero-order valence-corrected chi connectivity index (χ0v) is 16.6. The first-order valence-corrected chi connectivity index (χ1v) is 9.43. The number of nitrogens with two attached hydrogens (primary N) is 1. The lowest BCUT2D eigenvalue weighted by Crippen LogP contribution is -2.37. The summed E-state index contributed by atoms with van der Waals surface area (Å²) in [6.07, 6.45) is -0.104. The van der Waals surface area contributed by atoms with E-state index in [1.54, 1.807) is 43.3 Å². The van der Waals surface area contributed by atoms with Crippen LogP contribution in [0.5, 0.6) is 0 Å². The highest BCUT2D eigenvalue weighted by Gasteiger charge is 2.25. The second kappa shape index (κ2) is 8.89. The summed E-state index contributed by atoms with van der Waals surface area (Å²) in [6.45, 7) is 0.640. The molecule has 4 N–H and O–H groups in total. The van der Waals surface area contributed by atoms with Crippen LogP contribution in [0.25, 0.3) is 11.0 Å². The molecule has 0 radical (unpaired) electrons. The van der Waals surface area contributed by atoms with Gasteiger partial charge in [-0.25, -0.2) is 9.78 Å². The third-order valence-electron chi connectivity index (χ3n) is 4.85. The van der Waals surface area contributed by atoms with E-state index in [1.165, 1.54) is 0 Å². The number of aryl methyl sites for hydroxylation is 1. The van der Waals surface area contributed by atoms with Crippen LogP contribution in [0.4, 0.5) is 13.6 Å². The van der Waals surface area contributed by atoms with Gasteiger partial charge in [0, 0.05) is 0 Å². The smallest absolute Gasteiger partial charge is 0.320 e. The topological polar surface area (TPSA) is 102 Å². The van der Waals surface area contributed by atoms with Gasteiger partial charge in [-0.1, -0.05) is 36.4 Å². The lowest BCUT2D eigenvalue weighted by atomic mass is 9.98.